The Labute approximate surface area is 101 Å². The molecular formula is C13H16N2S. The van der Waals surface area contributed by atoms with E-state index in [0.29, 0.717) is 0 Å². The summed E-state index contributed by atoms with van der Waals surface area (Å²) in [7, 11) is 0. The second-order valence-corrected chi connectivity index (χ2v) is 4.28. The third-order valence-electron chi connectivity index (χ3n) is 2.92. The van der Waals surface area contributed by atoms with Crippen molar-refractivity contribution in [2.75, 3.05) is 0 Å². The molecule has 0 saturated carbocycles. The fourth-order valence-corrected chi connectivity index (χ4v) is 2.33. The number of imidazole rings is 1. The second kappa shape index (κ2) is 4.66. The van der Waals surface area contributed by atoms with E-state index >= 15 is 0 Å². The fraction of sp³-hybridized carbons (Fsp3) is 0.308. The van der Waals surface area contributed by atoms with Gasteiger partial charge in [-0.1, -0.05) is 37.3 Å². The van der Waals surface area contributed by atoms with E-state index in [1.807, 2.05) is 12.3 Å². The van der Waals surface area contributed by atoms with Crippen molar-refractivity contribution in [3.63, 3.8) is 0 Å². The van der Waals surface area contributed by atoms with Crippen LogP contribution in [0.1, 0.15) is 31.1 Å². The van der Waals surface area contributed by atoms with Crippen LogP contribution in [0, 0.1) is 4.77 Å². The molecule has 0 aliphatic heterocycles. The molecule has 2 nitrogen and oxygen atoms in total. The highest BCUT2D eigenvalue weighted by molar-refractivity contribution is 7.71. The summed E-state index contributed by atoms with van der Waals surface area (Å²) in [5, 5.41) is 0. The first-order chi connectivity index (χ1) is 7.74. The molecule has 1 N–H and O–H groups in total. The third-order valence-corrected chi connectivity index (χ3v) is 3.24. The van der Waals surface area contributed by atoms with Crippen LogP contribution in [0.4, 0.5) is 0 Å². The molecule has 1 atom stereocenters. The fourth-order valence-electron chi connectivity index (χ4n) is 1.99. The van der Waals surface area contributed by atoms with Gasteiger partial charge in [0.15, 0.2) is 4.77 Å². The van der Waals surface area contributed by atoms with Gasteiger partial charge in [-0.3, -0.25) is 0 Å². The van der Waals surface area contributed by atoms with Crippen LogP contribution in [-0.2, 0) is 6.42 Å². The summed E-state index contributed by atoms with van der Waals surface area (Å²) >= 11 is 5.32. The van der Waals surface area contributed by atoms with Gasteiger partial charge in [-0.05, 0) is 31.1 Å². The molecule has 1 heterocycles. The van der Waals surface area contributed by atoms with E-state index in [9.17, 15) is 0 Å². The number of rotatable bonds is 3. The van der Waals surface area contributed by atoms with Crippen molar-refractivity contribution in [2.24, 2.45) is 0 Å². The maximum absolute atomic E-state index is 5.32. The zero-order valence-corrected chi connectivity index (χ0v) is 10.4. The molecule has 0 aliphatic carbocycles. The number of nitrogens with zero attached hydrogens (tertiary/aromatic N) is 1. The summed E-state index contributed by atoms with van der Waals surface area (Å²) in [6.07, 6.45) is 2.99. The quantitative estimate of drug-likeness (QED) is 0.800. The minimum absolute atomic E-state index is 0.287. The summed E-state index contributed by atoms with van der Waals surface area (Å²) in [6, 6.07) is 10.7. The van der Waals surface area contributed by atoms with Crippen LogP contribution < -0.4 is 0 Å². The van der Waals surface area contributed by atoms with E-state index in [1.165, 1.54) is 11.3 Å². The Morgan fingerprint density at radius 3 is 2.62 bits per heavy atom. The van der Waals surface area contributed by atoms with Crippen LogP contribution >= 0.6 is 12.2 Å². The monoisotopic (exact) mass is 232 g/mol. The SMILES string of the molecule is CCc1c[nH]c(=S)n1C(C)c1ccccc1. The van der Waals surface area contributed by atoms with Crippen LogP contribution in [0.2, 0.25) is 0 Å². The maximum atomic E-state index is 5.32. The van der Waals surface area contributed by atoms with E-state index in [2.05, 4.69) is 47.7 Å². The Morgan fingerprint density at radius 2 is 2.00 bits per heavy atom. The summed E-state index contributed by atoms with van der Waals surface area (Å²) < 4.78 is 2.98. The van der Waals surface area contributed by atoms with E-state index in [1.54, 1.807) is 0 Å². The molecule has 3 heteroatoms. The topological polar surface area (TPSA) is 20.7 Å². The average Bonchev–Trinajstić information content (AvgIpc) is 2.70. The summed E-state index contributed by atoms with van der Waals surface area (Å²) in [4.78, 5) is 3.12. The predicted molar refractivity (Wildman–Crippen MR) is 69.2 cm³/mol. The molecule has 0 aliphatic rings. The molecule has 1 aromatic carbocycles. The van der Waals surface area contributed by atoms with Crippen LogP contribution in [0.15, 0.2) is 36.5 Å². The summed E-state index contributed by atoms with van der Waals surface area (Å²) in [6.45, 7) is 4.32. The average molecular weight is 232 g/mol. The van der Waals surface area contributed by atoms with Crippen molar-refractivity contribution in [2.45, 2.75) is 26.3 Å². The first-order valence-electron chi connectivity index (χ1n) is 5.57. The van der Waals surface area contributed by atoms with Crippen LogP contribution in [0.3, 0.4) is 0 Å². The number of aryl methyl sites for hydroxylation is 1. The number of aromatic amines is 1. The smallest absolute Gasteiger partial charge is 0.177 e. The molecule has 1 aromatic heterocycles. The number of nitrogens with one attached hydrogen (secondary N) is 1. The van der Waals surface area contributed by atoms with Gasteiger partial charge in [0, 0.05) is 11.9 Å². The summed E-state index contributed by atoms with van der Waals surface area (Å²) in [5.74, 6) is 0. The molecular weight excluding hydrogens is 216 g/mol. The number of hydrogen-bond acceptors (Lipinski definition) is 1. The first-order valence-corrected chi connectivity index (χ1v) is 5.98. The molecule has 16 heavy (non-hydrogen) atoms. The van der Waals surface area contributed by atoms with E-state index in [-0.39, 0.29) is 6.04 Å². The number of hydrogen-bond donors (Lipinski definition) is 1. The second-order valence-electron chi connectivity index (χ2n) is 3.90. The normalized spacial score (nSPS) is 12.6. The Bertz CT molecular complexity index is 510. The van der Waals surface area contributed by atoms with Gasteiger partial charge in [0.05, 0.1) is 6.04 Å². The third kappa shape index (κ3) is 1.95. The van der Waals surface area contributed by atoms with Gasteiger partial charge in [-0.15, -0.1) is 0 Å². The lowest BCUT2D eigenvalue weighted by atomic mass is 10.1. The largest absolute Gasteiger partial charge is 0.337 e. The number of benzene rings is 1. The zero-order chi connectivity index (χ0) is 11.5. The minimum Gasteiger partial charge on any atom is -0.337 e. The molecule has 0 fully saturated rings. The van der Waals surface area contributed by atoms with Crippen molar-refractivity contribution in [1.82, 2.24) is 9.55 Å². The van der Waals surface area contributed by atoms with Gasteiger partial charge < -0.3 is 9.55 Å². The Morgan fingerprint density at radius 1 is 1.31 bits per heavy atom. The van der Waals surface area contributed by atoms with Crippen molar-refractivity contribution in [3.8, 4) is 0 Å². The molecule has 0 bridgehead atoms. The van der Waals surface area contributed by atoms with E-state index in [0.717, 1.165) is 11.2 Å². The van der Waals surface area contributed by atoms with Gasteiger partial charge in [0.25, 0.3) is 0 Å². The van der Waals surface area contributed by atoms with Gasteiger partial charge in [-0.25, -0.2) is 0 Å². The number of aromatic nitrogens is 2. The van der Waals surface area contributed by atoms with Crippen LogP contribution in [-0.4, -0.2) is 9.55 Å². The van der Waals surface area contributed by atoms with Crippen molar-refractivity contribution in [1.29, 1.82) is 0 Å². The van der Waals surface area contributed by atoms with Crippen molar-refractivity contribution >= 4 is 12.2 Å². The number of H-pyrrole nitrogens is 1. The van der Waals surface area contributed by atoms with E-state index in [4.69, 9.17) is 12.2 Å². The molecule has 1 unspecified atom stereocenters. The Kier molecular flexibility index (Phi) is 3.25. The lowest BCUT2D eigenvalue weighted by Gasteiger charge is -2.16. The zero-order valence-electron chi connectivity index (χ0n) is 9.60. The summed E-state index contributed by atoms with van der Waals surface area (Å²) in [5.41, 5.74) is 2.54. The highest BCUT2D eigenvalue weighted by atomic mass is 32.1. The van der Waals surface area contributed by atoms with Crippen LogP contribution in [0.25, 0.3) is 0 Å². The highest BCUT2D eigenvalue weighted by Gasteiger charge is 2.11. The molecule has 84 valence electrons. The first kappa shape index (κ1) is 11.1. The van der Waals surface area contributed by atoms with Gasteiger partial charge in [-0.2, -0.15) is 0 Å². The molecule has 0 saturated heterocycles. The molecule has 0 amide bonds. The highest BCUT2D eigenvalue weighted by Crippen LogP contribution is 2.20. The lowest BCUT2D eigenvalue weighted by molar-refractivity contribution is 0.604. The maximum Gasteiger partial charge on any atom is 0.177 e. The molecule has 0 radical (unpaired) electrons. The Balaban J connectivity index is 2.45. The molecule has 2 aromatic rings. The molecule has 0 spiro atoms. The standard InChI is InChI=1S/C13H16N2S/c1-3-12-9-14-13(16)15(12)10(2)11-7-5-4-6-8-11/h4-10H,3H2,1-2H3,(H,14,16). The predicted octanol–water partition coefficient (Wildman–Crippen LogP) is 3.72. The van der Waals surface area contributed by atoms with Gasteiger partial charge in [0.2, 0.25) is 0 Å². The Hall–Kier alpha value is -1.35. The van der Waals surface area contributed by atoms with Crippen molar-refractivity contribution in [3.05, 3.63) is 52.6 Å². The van der Waals surface area contributed by atoms with E-state index < -0.39 is 0 Å². The van der Waals surface area contributed by atoms with Crippen molar-refractivity contribution < 1.29 is 0 Å². The lowest BCUT2D eigenvalue weighted by Crippen LogP contribution is -2.09. The molecule has 2 rings (SSSR count). The van der Waals surface area contributed by atoms with Crippen LogP contribution in [0.5, 0.6) is 0 Å². The van der Waals surface area contributed by atoms with Gasteiger partial charge >= 0.3 is 0 Å². The van der Waals surface area contributed by atoms with Gasteiger partial charge in [0.1, 0.15) is 0 Å². The minimum atomic E-state index is 0.287.